The minimum Gasteiger partial charge on any atom is -0.481 e. The molecule has 138 valence electrons. The molecule has 4 unspecified atom stereocenters. The van der Waals surface area contributed by atoms with Gasteiger partial charge in [0.25, 0.3) is 0 Å². The first-order valence-electron chi connectivity index (χ1n) is 10.1. The van der Waals surface area contributed by atoms with Crippen molar-refractivity contribution >= 4 is 5.78 Å². The fourth-order valence-electron chi connectivity index (χ4n) is 6.72. The number of hydrogen-bond acceptors (Lipinski definition) is 3. The topological polar surface area (TPSA) is 29.5 Å². The predicted octanol–water partition coefficient (Wildman–Crippen LogP) is 3.99. The van der Waals surface area contributed by atoms with Crippen molar-refractivity contribution in [1.82, 2.24) is 4.90 Å². The van der Waals surface area contributed by atoms with Crippen LogP contribution in [0.4, 0.5) is 0 Å². The van der Waals surface area contributed by atoms with Crippen LogP contribution in [0.1, 0.15) is 62.6 Å². The smallest absolute Gasteiger partial charge is 0.174 e. The van der Waals surface area contributed by atoms with E-state index in [4.69, 9.17) is 4.74 Å². The van der Waals surface area contributed by atoms with E-state index >= 15 is 0 Å². The number of carbonyl (C=O) groups excluding carboxylic acids is 1. The molecular weight excluding hydrogens is 322 g/mol. The van der Waals surface area contributed by atoms with E-state index in [0.29, 0.717) is 24.2 Å². The quantitative estimate of drug-likeness (QED) is 0.771. The lowest BCUT2D eigenvalue weighted by molar-refractivity contribution is -0.151. The second-order valence-electron chi connectivity index (χ2n) is 9.28. The minimum absolute atomic E-state index is 0.0979. The summed E-state index contributed by atoms with van der Waals surface area (Å²) in [4.78, 5) is 15.6. The zero-order chi connectivity index (χ0) is 18.3. The molecule has 2 fully saturated rings. The molecule has 0 amide bonds. The van der Waals surface area contributed by atoms with Gasteiger partial charge in [0.05, 0.1) is 5.41 Å². The molecular formula is C23H29NO2. The second-order valence-corrected chi connectivity index (χ2v) is 9.28. The molecule has 0 radical (unpaired) electrons. The van der Waals surface area contributed by atoms with Crippen LogP contribution in [-0.2, 0) is 16.6 Å². The summed E-state index contributed by atoms with van der Waals surface area (Å²) in [5, 5.41) is 0. The van der Waals surface area contributed by atoms with E-state index < -0.39 is 0 Å². The minimum atomic E-state index is -0.274. The fourth-order valence-corrected chi connectivity index (χ4v) is 6.72. The fraction of sp³-hybridized carbons (Fsp3) is 0.609. The van der Waals surface area contributed by atoms with Crippen LogP contribution in [0.15, 0.2) is 24.8 Å². The first-order chi connectivity index (χ1) is 12.4. The van der Waals surface area contributed by atoms with Crippen LogP contribution in [0.5, 0.6) is 5.75 Å². The SMILES string of the molecule is C=CCN1CCC23c4c5ccc(C(C)C)c4OC2C(=O)CCC3(C)C1C5. The molecule has 1 saturated carbocycles. The lowest BCUT2D eigenvalue weighted by Gasteiger charge is -2.64. The first-order valence-corrected chi connectivity index (χ1v) is 10.1. The van der Waals surface area contributed by atoms with Gasteiger partial charge in [0.1, 0.15) is 5.75 Å². The molecule has 1 aromatic rings. The zero-order valence-corrected chi connectivity index (χ0v) is 16.2. The number of ether oxygens (including phenoxy) is 1. The van der Waals surface area contributed by atoms with Crippen molar-refractivity contribution in [2.75, 3.05) is 13.1 Å². The summed E-state index contributed by atoms with van der Waals surface area (Å²) in [6.07, 6.45) is 5.48. The molecule has 2 bridgehead atoms. The number of ketones is 1. The molecule has 0 aromatic heterocycles. The van der Waals surface area contributed by atoms with Crippen molar-refractivity contribution in [2.45, 2.75) is 69.9 Å². The van der Waals surface area contributed by atoms with Gasteiger partial charge in [-0.3, -0.25) is 9.69 Å². The van der Waals surface area contributed by atoms with Crippen LogP contribution in [0.25, 0.3) is 0 Å². The van der Waals surface area contributed by atoms with Gasteiger partial charge in [-0.2, -0.15) is 0 Å². The van der Waals surface area contributed by atoms with Gasteiger partial charge in [-0.15, -0.1) is 6.58 Å². The Morgan fingerprint density at radius 2 is 2.19 bits per heavy atom. The van der Waals surface area contributed by atoms with E-state index in [2.05, 4.69) is 44.4 Å². The Balaban J connectivity index is 1.79. The summed E-state index contributed by atoms with van der Waals surface area (Å²) in [6, 6.07) is 5.04. The average Bonchev–Trinajstić information content (AvgIpc) is 2.95. The van der Waals surface area contributed by atoms with Gasteiger partial charge >= 0.3 is 0 Å². The zero-order valence-electron chi connectivity index (χ0n) is 16.2. The van der Waals surface area contributed by atoms with E-state index in [1.807, 2.05) is 6.08 Å². The Bertz CT molecular complexity index is 813. The van der Waals surface area contributed by atoms with Gasteiger partial charge in [0, 0.05) is 24.6 Å². The highest BCUT2D eigenvalue weighted by Crippen LogP contribution is 2.67. The maximum absolute atomic E-state index is 13.0. The summed E-state index contributed by atoms with van der Waals surface area (Å²) in [5.41, 5.74) is 4.06. The van der Waals surface area contributed by atoms with Gasteiger partial charge < -0.3 is 4.74 Å². The number of benzene rings is 1. The molecule has 2 aliphatic carbocycles. The molecule has 5 rings (SSSR count). The van der Waals surface area contributed by atoms with Crippen molar-refractivity contribution < 1.29 is 9.53 Å². The van der Waals surface area contributed by atoms with E-state index in [1.54, 1.807) is 0 Å². The standard InChI is InChI=1S/C23H29NO2/c1-5-11-24-12-10-23-19-15-6-7-16(14(2)3)20(19)26-21(23)17(25)8-9-22(23,4)18(24)13-15/h5-7,14,18,21H,1,8-13H2,2-4H3. The van der Waals surface area contributed by atoms with Crippen molar-refractivity contribution in [2.24, 2.45) is 5.41 Å². The van der Waals surface area contributed by atoms with Crippen LogP contribution < -0.4 is 4.74 Å². The van der Waals surface area contributed by atoms with Crippen LogP contribution >= 0.6 is 0 Å². The van der Waals surface area contributed by atoms with Gasteiger partial charge in [-0.05, 0) is 48.3 Å². The summed E-state index contributed by atoms with van der Waals surface area (Å²) in [7, 11) is 0. The molecule has 2 heterocycles. The maximum atomic E-state index is 13.0. The van der Waals surface area contributed by atoms with Crippen LogP contribution in [0.3, 0.4) is 0 Å². The monoisotopic (exact) mass is 351 g/mol. The largest absolute Gasteiger partial charge is 0.481 e. The first kappa shape index (κ1) is 16.6. The third-order valence-corrected chi connectivity index (χ3v) is 7.97. The lowest BCUT2D eigenvalue weighted by Crippen LogP contribution is -2.71. The van der Waals surface area contributed by atoms with Gasteiger partial charge in [-0.1, -0.05) is 39.0 Å². The Morgan fingerprint density at radius 3 is 2.92 bits per heavy atom. The maximum Gasteiger partial charge on any atom is 0.174 e. The number of carbonyl (C=O) groups is 1. The summed E-state index contributed by atoms with van der Waals surface area (Å²) in [5.74, 6) is 1.78. The predicted molar refractivity (Wildman–Crippen MR) is 103 cm³/mol. The number of piperidine rings is 1. The molecule has 1 saturated heterocycles. The Labute approximate surface area is 156 Å². The molecule has 4 aliphatic rings. The average molecular weight is 351 g/mol. The van der Waals surface area contributed by atoms with E-state index in [9.17, 15) is 4.79 Å². The molecule has 1 aromatic carbocycles. The number of hydrogen-bond donors (Lipinski definition) is 0. The van der Waals surface area contributed by atoms with Crippen LogP contribution in [0.2, 0.25) is 0 Å². The molecule has 3 heteroatoms. The Kier molecular flexibility index (Phi) is 3.32. The summed E-state index contributed by atoms with van der Waals surface area (Å²) >= 11 is 0. The number of rotatable bonds is 3. The normalized spacial score (nSPS) is 37.5. The second kappa shape index (κ2) is 5.22. The van der Waals surface area contributed by atoms with Crippen molar-refractivity contribution in [3.8, 4) is 5.75 Å². The molecule has 1 spiro atoms. The summed E-state index contributed by atoms with van der Waals surface area (Å²) in [6.45, 7) is 12.8. The lowest BCUT2D eigenvalue weighted by atomic mass is 9.44. The van der Waals surface area contributed by atoms with Crippen molar-refractivity contribution in [3.63, 3.8) is 0 Å². The van der Waals surface area contributed by atoms with Gasteiger partial charge in [0.2, 0.25) is 0 Å². The number of Topliss-reactive ketones (excluding diaryl/α,β-unsaturated/α-hetero) is 1. The van der Waals surface area contributed by atoms with E-state index in [1.165, 1.54) is 16.7 Å². The highest BCUT2D eigenvalue weighted by molar-refractivity contribution is 5.89. The third kappa shape index (κ3) is 1.71. The van der Waals surface area contributed by atoms with E-state index in [0.717, 1.165) is 38.1 Å². The molecule has 2 aliphatic heterocycles. The molecule has 4 atom stereocenters. The highest BCUT2D eigenvalue weighted by Gasteiger charge is 2.71. The Morgan fingerprint density at radius 1 is 1.38 bits per heavy atom. The Hall–Kier alpha value is -1.61. The van der Waals surface area contributed by atoms with E-state index in [-0.39, 0.29) is 16.9 Å². The number of likely N-dealkylation sites (tertiary alicyclic amines) is 1. The molecule has 3 nitrogen and oxygen atoms in total. The van der Waals surface area contributed by atoms with Crippen LogP contribution in [0, 0.1) is 5.41 Å². The van der Waals surface area contributed by atoms with Gasteiger partial charge in [0.15, 0.2) is 11.9 Å². The van der Waals surface area contributed by atoms with Crippen LogP contribution in [-0.4, -0.2) is 35.9 Å². The third-order valence-electron chi connectivity index (χ3n) is 7.97. The summed E-state index contributed by atoms with van der Waals surface area (Å²) < 4.78 is 6.56. The van der Waals surface area contributed by atoms with Crippen molar-refractivity contribution in [1.29, 1.82) is 0 Å². The van der Waals surface area contributed by atoms with Crippen molar-refractivity contribution in [3.05, 3.63) is 41.5 Å². The van der Waals surface area contributed by atoms with Gasteiger partial charge in [-0.25, -0.2) is 0 Å². The molecule has 0 N–H and O–H groups in total. The molecule has 26 heavy (non-hydrogen) atoms. The number of nitrogens with zero attached hydrogens (tertiary/aromatic N) is 1. The highest BCUT2D eigenvalue weighted by atomic mass is 16.5.